The van der Waals surface area contributed by atoms with Crippen molar-refractivity contribution < 1.29 is 14.6 Å². The number of anilines is 1. The van der Waals surface area contributed by atoms with Gasteiger partial charge in [0.05, 0.1) is 24.8 Å². The van der Waals surface area contributed by atoms with Gasteiger partial charge < -0.3 is 24.8 Å². The minimum absolute atomic E-state index is 0.0274. The number of benzene rings is 1. The standard InChI is InChI=1S/C23H35N3O3/c27-22-20(24-15-17-7-3-1-4-8-17)19-16-28-23(29-19)21(22)26-13-11-25(12-14-26)18-9-5-2-6-10-18/h2,5-6,9-10,17,19-24,27H,1,3-4,7-8,11-16H2. The van der Waals surface area contributed by atoms with Gasteiger partial charge >= 0.3 is 0 Å². The Labute approximate surface area is 174 Å². The zero-order valence-corrected chi connectivity index (χ0v) is 17.3. The van der Waals surface area contributed by atoms with E-state index in [4.69, 9.17) is 9.47 Å². The first kappa shape index (κ1) is 19.8. The number of ether oxygens (including phenoxy) is 2. The van der Waals surface area contributed by atoms with Gasteiger partial charge in [-0.1, -0.05) is 37.5 Å². The Kier molecular flexibility index (Phi) is 6.07. The fraction of sp³-hybridized carbons (Fsp3) is 0.739. The Bertz CT molecular complexity index is 646. The molecular weight excluding hydrogens is 366 g/mol. The number of fused-ring (bicyclic) bond motifs is 2. The van der Waals surface area contributed by atoms with E-state index in [1.54, 1.807) is 0 Å². The summed E-state index contributed by atoms with van der Waals surface area (Å²) in [5.74, 6) is 0.740. The normalized spacial score (nSPS) is 36.4. The van der Waals surface area contributed by atoms with E-state index in [0.717, 1.165) is 38.6 Å². The quantitative estimate of drug-likeness (QED) is 0.785. The fourth-order valence-corrected chi connectivity index (χ4v) is 5.65. The number of para-hydroxylation sites is 1. The molecule has 0 aromatic heterocycles. The van der Waals surface area contributed by atoms with Gasteiger partial charge in [-0.2, -0.15) is 0 Å². The van der Waals surface area contributed by atoms with Gasteiger partial charge in [-0.3, -0.25) is 4.90 Å². The molecule has 3 heterocycles. The monoisotopic (exact) mass is 401 g/mol. The number of nitrogens with zero attached hydrogens (tertiary/aromatic N) is 2. The Morgan fingerprint density at radius 2 is 1.76 bits per heavy atom. The summed E-state index contributed by atoms with van der Waals surface area (Å²) >= 11 is 0. The number of hydrogen-bond donors (Lipinski definition) is 2. The van der Waals surface area contributed by atoms with Crippen LogP contribution in [-0.2, 0) is 9.47 Å². The first-order chi connectivity index (χ1) is 14.3. The fourth-order valence-electron chi connectivity index (χ4n) is 5.65. The summed E-state index contributed by atoms with van der Waals surface area (Å²) < 4.78 is 12.2. The van der Waals surface area contributed by atoms with Gasteiger partial charge in [0.15, 0.2) is 6.29 Å². The first-order valence-electron chi connectivity index (χ1n) is 11.5. The molecule has 2 N–H and O–H groups in total. The maximum Gasteiger partial charge on any atom is 0.176 e. The Balaban J connectivity index is 1.20. The lowest BCUT2D eigenvalue weighted by Crippen LogP contribution is -2.66. The van der Waals surface area contributed by atoms with Crippen LogP contribution < -0.4 is 10.2 Å². The smallest absolute Gasteiger partial charge is 0.176 e. The van der Waals surface area contributed by atoms with Crippen LogP contribution in [0.25, 0.3) is 0 Å². The lowest BCUT2D eigenvalue weighted by Gasteiger charge is -2.47. The van der Waals surface area contributed by atoms with Crippen molar-refractivity contribution in [3.05, 3.63) is 30.3 Å². The zero-order valence-electron chi connectivity index (χ0n) is 17.3. The van der Waals surface area contributed by atoms with Gasteiger partial charge in [-0.25, -0.2) is 0 Å². The topological polar surface area (TPSA) is 57.2 Å². The van der Waals surface area contributed by atoms with Gasteiger partial charge in [0, 0.05) is 31.9 Å². The molecule has 160 valence electrons. The van der Waals surface area contributed by atoms with E-state index in [1.165, 1.54) is 37.8 Å². The van der Waals surface area contributed by atoms with Crippen molar-refractivity contribution in [3.63, 3.8) is 0 Å². The molecule has 6 heteroatoms. The van der Waals surface area contributed by atoms with E-state index in [1.807, 2.05) is 0 Å². The van der Waals surface area contributed by atoms with Crippen LogP contribution in [0.3, 0.4) is 0 Å². The van der Waals surface area contributed by atoms with Crippen molar-refractivity contribution in [2.75, 3.05) is 44.2 Å². The average molecular weight is 402 g/mol. The van der Waals surface area contributed by atoms with E-state index >= 15 is 0 Å². The number of rotatable bonds is 5. The third kappa shape index (κ3) is 4.19. The van der Waals surface area contributed by atoms with Crippen LogP contribution in [0.1, 0.15) is 32.1 Å². The highest BCUT2D eigenvalue weighted by Crippen LogP contribution is 2.33. The number of nitrogens with one attached hydrogen (secondary N) is 1. The lowest BCUT2D eigenvalue weighted by atomic mass is 9.88. The number of aliphatic hydroxyl groups is 1. The molecule has 5 rings (SSSR count). The summed E-state index contributed by atoms with van der Waals surface area (Å²) in [6.45, 7) is 5.33. The van der Waals surface area contributed by atoms with E-state index in [-0.39, 0.29) is 24.5 Å². The van der Waals surface area contributed by atoms with Crippen LogP contribution in [-0.4, -0.2) is 79.9 Å². The SMILES string of the molecule is OC1C(NCC2CCCCC2)C2COC(O2)C1N1CCN(c2ccccc2)CC1. The molecule has 3 saturated heterocycles. The average Bonchev–Trinajstić information content (AvgIpc) is 3.20. The maximum absolute atomic E-state index is 11.3. The van der Waals surface area contributed by atoms with Crippen molar-refractivity contribution >= 4 is 5.69 Å². The van der Waals surface area contributed by atoms with Crippen molar-refractivity contribution in [1.29, 1.82) is 0 Å². The molecule has 2 bridgehead atoms. The zero-order chi connectivity index (χ0) is 19.6. The predicted molar refractivity (Wildman–Crippen MR) is 113 cm³/mol. The van der Waals surface area contributed by atoms with Crippen LogP contribution in [0.4, 0.5) is 5.69 Å². The molecule has 1 aromatic carbocycles. The van der Waals surface area contributed by atoms with E-state index in [9.17, 15) is 5.11 Å². The number of aliphatic hydroxyl groups excluding tert-OH is 1. The second kappa shape index (κ2) is 8.90. The highest BCUT2D eigenvalue weighted by Gasteiger charge is 2.52. The minimum Gasteiger partial charge on any atom is -0.390 e. The van der Waals surface area contributed by atoms with E-state index < -0.39 is 6.10 Å². The summed E-state index contributed by atoms with van der Waals surface area (Å²) in [6, 6.07) is 10.5. The van der Waals surface area contributed by atoms with Gasteiger partial charge in [-0.05, 0) is 37.4 Å². The summed E-state index contributed by atoms with van der Waals surface area (Å²) in [4.78, 5) is 4.80. The maximum atomic E-state index is 11.3. The Hall–Kier alpha value is -1.18. The highest BCUT2D eigenvalue weighted by atomic mass is 16.7. The Morgan fingerprint density at radius 3 is 2.52 bits per heavy atom. The molecule has 1 aromatic rings. The molecule has 0 radical (unpaired) electrons. The highest BCUT2D eigenvalue weighted by molar-refractivity contribution is 5.46. The minimum atomic E-state index is -0.451. The molecule has 5 atom stereocenters. The van der Waals surface area contributed by atoms with E-state index in [0.29, 0.717) is 6.61 Å². The van der Waals surface area contributed by atoms with Crippen LogP contribution >= 0.6 is 0 Å². The molecule has 6 nitrogen and oxygen atoms in total. The van der Waals surface area contributed by atoms with Crippen molar-refractivity contribution in [2.45, 2.75) is 62.7 Å². The molecule has 3 aliphatic heterocycles. The molecule has 4 fully saturated rings. The Morgan fingerprint density at radius 1 is 1.00 bits per heavy atom. The first-order valence-corrected chi connectivity index (χ1v) is 11.5. The molecule has 1 aliphatic carbocycles. The van der Waals surface area contributed by atoms with Crippen LogP contribution in [0, 0.1) is 5.92 Å². The predicted octanol–water partition coefficient (Wildman–Crippen LogP) is 1.83. The number of piperazine rings is 1. The number of hydrogen-bond acceptors (Lipinski definition) is 6. The molecule has 0 spiro atoms. The molecule has 29 heavy (non-hydrogen) atoms. The lowest BCUT2D eigenvalue weighted by molar-refractivity contribution is -0.183. The van der Waals surface area contributed by atoms with Gasteiger partial charge in [0.1, 0.15) is 6.10 Å². The van der Waals surface area contributed by atoms with Gasteiger partial charge in [0.25, 0.3) is 0 Å². The second-order valence-corrected chi connectivity index (χ2v) is 9.15. The van der Waals surface area contributed by atoms with Crippen molar-refractivity contribution in [1.82, 2.24) is 10.2 Å². The third-order valence-corrected chi connectivity index (χ3v) is 7.36. The van der Waals surface area contributed by atoms with Crippen LogP contribution in [0.5, 0.6) is 0 Å². The van der Waals surface area contributed by atoms with Crippen LogP contribution in [0.2, 0.25) is 0 Å². The third-order valence-electron chi connectivity index (χ3n) is 7.36. The van der Waals surface area contributed by atoms with Crippen molar-refractivity contribution in [2.24, 2.45) is 5.92 Å². The molecule has 4 aliphatic rings. The second-order valence-electron chi connectivity index (χ2n) is 9.15. The van der Waals surface area contributed by atoms with E-state index in [2.05, 4.69) is 45.4 Å². The molecule has 0 amide bonds. The van der Waals surface area contributed by atoms with Gasteiger partial charge in [-0.15, -0.1) is 0 Å². The molecule has 5 unspecified atom stereocenters. The largest absolute Gasteiger partial charge is 0.390 e. The van der Waals surface area contributed by atoms with Crippen LogP contribution in [0.15, 0.2) is 30.3 Å². The molecular formula is C23H35N3O3. The summed E-state index contributed by atoms with van der Waals surface area (Å²) in [5.41, 5.74) is 1.27. The van der Waals surface area contributed by atoms with Gasteiger partial charge in [0.2, 0.25) is 0 Å². The summed E-state index contributed by atoms with van der Waals surface area (Å²) in [5, 5.41) is 15.0. The summed E-state index contributed by atoms with van der Waals surface area (Å²) in [6.07, 6.45) is 5.91. The molecule has 1 saturated carbocycles. The summed E-state index contributed by atoms with van der Waals surface area (Å²) in [7, 11) is 0. The van der Waals surface area contributed by atoms with Crippen molar-refractivity contribution in [3.8, 4) is 0 Å².